The van der Waals surface area contributed by atoms with Crippen molar-refractivity contribution in [3.05, 3.63) is 32.9 Å². The number of rotatable bonds is 4. The van der Waals surface area contributed by atoms with Gasteiger partial charge in [0.2, 0.25) is 0 Å². The van der Waals surface area contributed by atoms with E-state index in [1.165, 1.54) is 0 Å². The molecule has 0 aromatic carbocycles. The van der Waals surface area contributed by atoms with E-state index >= 15 is 0 Å². The monoisotopic (exact) mass is 302 g/mol. The standard InChI is InChI=1S/C6H16N2.5CN.Fe/c1-4-7-5-6-8(2)3;5*1-2;/h7H,4-6H2,1-3H3;;;;;;/q;5*-1;+5. The molecule has 0 rings (SSSR count). The van der Waals surface area contributed by atoms with E-state index in [1.54, 1.807) is 0 Å². The average Bonchev–Trinajstić information content (AvgIpc) is 2.49. The van der Waals surface area contributed by atoms with Gasteiger partial charge in [0.25, 0.3) is 0 Å². The van der Waals surface area contributed by atoms with E-state index in [0.29, 0.717) is 0 Å². The van der Waals surface area contributed by atoms with Gasteiger partial charge in [0, 0.05) is 13.1 Å². The molecule has 0 atom stereocenters. The van der Waals surface area contributed by atoms with Crippen LogP contribution in [0.1, 0.15) is 6.92 Å². The maximum absolute atomic E-state index is 6.25. The molecule has 0 aromatic rings. The van der Waals surface area contributed by atoms with Gasteiger partial charge in [0.15, 0.2) is 0 Å². The topological polar surface area (TPSA) is 134 Å². The quantitative estimate of drug-likeness (QED) is 0.457. The van der Waals surface area contributed by atoms with Crippen LogP contribution in [0.25, 0.3) is 0 Å². The van der Waals surface area contributed by atoms with Gasteiger partial charge in [-0.25, -0.2) is 0 Å². The van der Waals surface area contributed by atoms with Crippen molar-refractivity contribution in [3.63, 3.8) is 0 Å². The van der Waals surface area contributed by atoms with E-state index < -0.39 is 0 Å². The molecule has 0 spiro atoms. The van der Waals surface area contributed by atoms with E-state index in [1.807, 2.05) is 0 Å². The van der Waals surface area contributed by atoms with Crippen LogP contribution in [0.5, 0.6) is 0 Å². The van der Waals surface area contributed by atoms with Gasteiger partial charge in [-0.15, -0.1) is 0 Å². The number of nitrogens with zero attached hydrogens (tertiary/aromatic N) is 6. The molecule has 0 aliphatic heterocycles. The van der Waals surface area contributed by atoms with Gasteiger partial charge in [-0.1, -0.05) is 6.92 Å². The van der Waals surface area contributed by atoms with Crippen molar-refractivity contribution in [1.29, 1.82) is 26.3 Å². The van der Waals surface area contributed by atoms with E-state index in [0.717, 1.165) is 19.6 Å². The average molecular weight is 302 g/mol. The van der Waals surface area contributed by atoms with Crippen molar-refractivity contribution in [2.24, 2.45) is 0 Å². The largest absolute Gasteiger partial charge is 5.00 e. The first kappa shape index (κ1) is 43.6. The fraction of sp³-hybridized carbons (Fsp3) is 0.545. The van der Waals surface area contributed by atoms with E-state index in [9.17, 15) is 0 Å². The third-order valence-corrected chi connectivity index (χ3v) is 0.986. The zero-order chi connectivity index (χ0) is 16.4. The first-order valence-electron chi connectivity index (χ1n) is 4.24. The van der Waals surface area contributed by atoms with Gasteiger partial charge >= 0.3 is 17.1 Å². The molecular weight excluding hydrogens is 286 g/mol. The summed E-state index contributed by atoms with van der Waals surface area (Å²) in [6.45, 7) is 29.2. The Morgan fingerprint density at radius 2 is 1.05 bits per heavy atom. The zero-order valence-corrected chi connectivity index (χ0v) is 12.3. The SMILES string of the molecule is CCNCCN(C)C.[C-]#N.[C-]#N.[C-]#N.[C-]#N.[C-]#N.[Fe+5]. The van der Waals surface area contributed by atoms with E-state index in [-0.39, 0.29) is 17.1 Å². The first-order chi connectivity index (χ1) is 8.77. The minimum atomic E-state index is 0. The van der Waals surface area contributed by atoms with Gasteiger partial charge in [0.1, 0.15) is 0 Å². The molecular formula is C11H16FeN7. The van der Waals surface area contributed by atoms with Crippen molar-refractivity contribution in [2.45, 2.75) is 6.92 Å². The number of nitrogens with one attached hydrogen (secondary N) is 1. The van der Waals surface area contributed by atoms with Crippen LogP contribution in [0, 0.1) is 59.2 Å². The second-order valence-electron chi connectivity index (χ2n) is 2.16. The summed E-state index contributed by atoms with van der Waals surface area (Å²) in [5.41, 5.74) is 0. The number of hydrogen-bond acceptors (Lipinski definition) is 7. The molecule has 8 heteroatoms. The van der Waals surface area contributed by atoms with Gasteiger partial charge in [-0.3, -0.25) is 0 Å². The molecule has 0 saturated carbocycles. The van der Waals surface area contributed by atoms with Crippen LogP contribution in [-0.4, -0.2) is 38.6 Å². The summed E-state index contributed by atoms with van der Waals surface area (Å²) >= 11 is 0. The van der Waals surface area contributed by atoms with Crippen LogP contribution in [0.15, 0.2) is 0 Å². The third-order valence-electron chi connectivity index (χ3n) is 0.986. The second kappa shape index (κ2) is 147. The van der Waals surface area contributed by atoms with Crippen LogP contribution < -0.4 is 5.32 Å². The maximum atomic E-state index is 6.25. The normalized spacial score (nSPS) is 4.95. The predicted molar refractivity (Wildman–Crippen MR) is 61.9 cm³/mol. The second-order valence-corrected chi connectivity index (χ2v) is 2.16. The molecule has 0 aromatic heterocycles. The molecule has 7 nitrogen and oxygen atoms in total. The molecule has 0 saturated heterocycles. The summed E-state index contributed by atoms with van der Waals surface area (Å²) in [6.07, 6.45) is 0. The van der Waals surface area contributed by atoms with Crippen molar-refractivity contribution in [3.8, 4) is 0 Å². The van der Waals surface area contributed by atoms with Crippen molar-refractivity contribution >= 4 is 0 Å². The van der Waals surface area contributed by atoms with Crippen LogP contribution in [0.4, 0.5) is 0 Å². The molecule has 0 heterocycles. The molecule has 19 heavy (non-hydrogen) atoms. The molecule has 0 fully saturated rings. The summed E-state index contributed by atoms with van der Waals surface area (Å²) < 4.78 is 0. The Kier molecular flexibility index (Phi) is 338. The number of hydrogen-bond donors (Lipinski definition) is 1. The van der Waals surface area contributed by atoms with Gasteiger partial charge in [0.05, 0.1) is 0 Å². The third kappa shape index (κ3) is 367. The Balaban J connectivity index is -0.0000000223. The Bertz CT molecular complexity index is 159. The zero-order valence-electron chi connectivity index (χ0n) is 11.2. The molecule has 0 aliphatic rings. The molecule has 103 valence electrons. The van der Waals surface area contributed by atoms with Crippen LogP contribution in [-0.2, 0) is 17.1 Å². The molecule has 0 unspecified atom stereocenters. The summed E-state index contributed by atoms with van der Waals surface area (Å²) in [5.74, 6) is 0. The summed E-state index contributed by atoms with van der Waals surface area (Å²) in [4.78, 5) is 2.17. The summed E-state index contributed by atoms with van der Waals surface area (Å²) in [6, 6.07) is 0. The molecule has 1 N–H and O–H groups in total. The van der Waals surface area contributed by atoms with Crippen LogP contribution >= 0.6 is 0 Å². The van der Waals surface area contributed by atoms with E-state index in [4.69, 9.17) is 59.2 Å². The van der Waals surface area contributed by atoms with Crippen molar-refractivity contribution in [2.75, 3.05) is 33.7 Å². The Hall–Kier alpha value is -2.11. The van der Waals surface area contributed by atoms with Gasteiger partial charge < -0.3 is 69.4 Å². The first-order valence-corrected chi connectivity index (χ1v) is 4.24. The predicted octanol–water partition coefficient (Wildman–Crippen LogP) is 0.637. The Morgan fingerprint density at radius 1 is 0.789 bits per heavy atom. The van der Waals surface area contributed by atoms with Gasteiger partial charge in [-0.2, -0.15) is 0 Å². The van der Waals surface area contributed by atoms with Crippen molar-refractivity contribution in [1.82, 2.24) is 10.2 Å². The molecule has 0 aliphatic carbocycles. The molecule has 1 radical (unpaired) electrons. The summed E-state index contributed by atoms with van der Waals surface area (Å²) in [5, 5.41) is 34.5. The minimum absolute atomic E-state index is 0. The fourth-order valence-electron chi connectivity index (χ4n) is 0.479. The molecule has 0 bridgehead atoms. The van der Waals surface area contributed by atoms with Crippen molar-refractivity contribution < 1.29 is 17.1 Å². The van der Waals surface area contributed by atoms with E-state index in [2.05, 4.69) is 31.2 Å². The maximum Gasteiger partial charge on any atom is 5.00 e. The fourth-order valence-corrected chi connectivity index (χ4v) is 0.479. The minimum Gasteiger partial charge on any atom is -0.512 e. The summed E-state index contributed by atoms with van der Waals surface area (Å²) in [7, 11) is 4.16. The molecule has 0 amide bonds. The Labute approximate surface area is 127 Å². The van der Waals surface area contributed by atoms with Crippen LogP contribution in [0.3, 0.4) is 0 Å². The van der Waals surface area contributed by atoms with Crippen LogP contribution in [0.2, 0.25) is 0 Å². The smallest absolute Gasteiger partial charge is 0.512 e. The Morgan fingerprint density at radius 3 is 1.21 bits per heavy atom. The number of likely N-dealkylation sites (N-methyl/N-ethyl adjacent to an activating group) is 2. The van der Waals surface area contributed by atoms with Gasteiger partial charge in [-0.05, 0) is 20.6 Å².